The molecule has 3 aromatic heterocycles. The van der Waals surface area contributed by atoms with Crippen LogP contribution in [0, 0.1) is 5.82 Å². The molecular weight excluding hydrogens is 541 g/mol. The summed E-state index contributed by atoms with van der Waals surface area (Å²) in [4.78, 5) is 29.9. The van der Waals surface area contributed by atoms with Crippen LogP contribution in [0.4, 0.5) is 4.39 Å². The smallest absolute Gasteiger partial charge is 0.272 e. The lowest BCUT2D eigenvalue weighted by Crippen LogP contribution is -2.31. The molecule has 1 fully saturated rings. The van der Waals surface area contributed by atoms with Crippen LogP contribution in [0.25, 0.3) is 16.9 Å². The number of nitrogens with zero attached hydrogens (tertiary/aromatic N) is 6. The zero-order valence-corrected chi connectivity index (χ0v) is 22.7. The molecule has 1 amide bonds. The third-order valence-electron chi connectivity index (χ3n) is 6.83. The number of rotatable bonds is 9. The average molecular weight is 568 g/mol. The molecule has 1 saturated carbocycles. The number of aryl methyl sites for hydroxylation is 1. The van der Waals surface area contributed by atoms with Gasteiger partial charge in [-0.05, 0) is 37.5 Å². The highest BCUT2D eigenvalue weighted by atomic mass is 32.2. The molecule has 0 spiro atoms. The van der Waals surface area contributed by atoms with Gasteiger partial charge in [0.15, 0.2) is 0 Å². The van der Waals surface area contributed by atoms with Gasteiger partial charge in [0, 0.05) is 35.9 Å². The normalized spacial score (nSPS) is 15.0. The molecule has 3 heterocycles. The van der Waals surface area contributed by atoms with Crippen molar-refractivity contribution in [3.63, 3.8) is 0 Å². The minimum absolute atomic E-state index is 0.0594. The van der Waals surface area contributed by atoms with Crippen LogP contribution in [0.5, 0.6) is 0 Å². The summed E-state index contributed by atoms with van der Waals surface area (Å²) in [6, 6.07) is 8.23. The largest absolute Gasteiger partial charge is 0.344 e. The Morgan fingerprint density at radius 1 is 1.20 bits per heavy atom. The van der Waals surface area contributed by atoms with E-state index in [0.717, 1.165) is 10.9 Å². The Kier molecular flexibility index (Phi) is 7.06. The Hall–Kier alpha value is -4.30. The van der Waals surface area contributed by atoms with Gasteiger partial charge < -0.3 is 5.32 Å². The van der Waals surface area contributed by atoms with Crippen molar-refractivity contribution in [1.29, 1.82) is 0 Å². The van der Waals surface area contributed by atoms with Gasteiger partial charge in [0.25, 0.3) is 21.6 Å². The number of hydrogen-bond donors (Lipinski definition) is 1. The predicted molar refractivity (Wildman–Crippen MR) is 142 cm³/mol. The molecule has 40 heavy (non-hydrogen) atoms. The Morgan fingerprint density at radius 2 is 1.98 bits per heavy atom. The standard InChI is InChI=1S/C26H26FN7O5S/c1-16(19-5-4-6-20(24(19)27)26(9-10-26)15-39-40(3,37)38)30-25(36)21-7-8-23(35)34(31-21)18-11-17(12-28-13-18)22-14-29-32-33(22)2/h4-8,11-14,16H,9-10,15H2,1-3H3,(H,30,36)/t16-/m1/s1. The molecule has 208 valence electrons. The molecule has 5 rings (SSSR count). The molecule has 1 aliphatic rings. The number of halogens is 1. The van der Waals surface area contributed by atoms with Crippen LogP contribution in [-0.2, 0) is 26.8 Å². The summed E-state index contributed by atoms with van der Waals surface area (Å²) in [6.07, 6.45) is 6.71. The first-order valence-corrected chi connectivity index (χ1v) is 14.1. The summed E-state index contributed by atoms with van der Waals surface area (Å²) in [7, 11) is -1.95. The fourth-order valence-corrected chi connectivity index (χ4v) is 4.90. The first kappa shape index (κ1) is 27.3. The molecule has 0 aliphatic heterocycles. The van der Waals surface area contributed by atoms with Gasteiger partial charge in [-0.1, -0.05) is 23.4 Å². The van der Waals surface area contributed by atoms with E-state index in [1.165, 1.54) is 18.3 Å². The van der Waals surface area contributed by atoms with Gasteiger partial charge in [0.05, 0.1) is 42.7 Å². The molecule has 1 aromatic carbocycles. The van der Waals surface area contributed by atoms with Crippen molar-refractivity contribution in [2.45, 2.75) is 31.2 Å². The summed E-state index contributed by atoms with van der Waals surface area (Å²) >= 11 is 0. The summed E-state index contributed by atoms with van der Waals surface area (Å²) in [5.74, 6) is -1.15. The van der Waals surface area contributed by atoms with E-state index < -0.39 is 38.9 Å². The van der Waals surface area contributed by atoms with Crippen molar-refractivity contribution < 1.29 is 21.8 Å². The molecule has 1 atom stereocenters. The van der Waals surface area contributed by atoms with Crippen molar-refractivity contribution >= 4 is 16.0 Å². The minimum atomic E-state index is -3.67. The van der Waals surface area contributed by atoms with E-state index in [4.69, 9.17) is 4.18 Å². The highest BCUT2D eigenvalue weighted by Crippen LogP contribution is 2.50. The van der Waals surface area contributed by atoms with E-state index in [2.05, 4.69) is 25.7 Å². The molecule has 0 unspecified atom stereocenters. The van der Waals surface area contributed by atoms with E-state index in [9.17, 15) is 18.0 Å². The molecule has 1 aliphatic carbocycles. The Bertz CT molecular complexity index is 1770. The van der Waals surface area contributed by atoms with Crippen LogP contribution in [0.1, 0.15) is 47.4 Å². The summed E-state index contributed by atoms with van der Waals surface area (Å²) in [5.41, 5.74) is 0.962. The number of carbonyl (C=O) groups is 1. The van der Waals surface area contributed by atoms with Gasteiger partial charge in [0.1, 0.15) is 11.5 Å². The van der Waals surface area contributed by atoms with Gasteiger partial charge in [-0.2, -0.15) is 18.2 Å². The Balaban J connectivity index is 1.37. The fourth-order valence-electron chi connectivity index (χ4n) is 4.46. The third kappa shape index (κ3) is 5.53. The number of aromatic nitrogens is 6. The van der Waals surface area contributed by atoms with Crippen molar-refractivity contribution in [2.24, 2.45) is 7.05 Å². The zero-order valence-electron chi connectivity index (χ0n) is 21.9. The summed E-state index contributed by atoms with van der Waals surface area (Å²) in [5, 5.41) is 14.7. The van der Waals surface area contributed by atoms with Crippen LogP contribution in [0.2, 0.25) is 0 Å². The molecular formula is C26H26FN7O5S. The number of carbonyl (C=O) groups excluding carboxylic acids is 1. The number of nitrogens with one attached hydrogen (secondary N) is 1. The lowest BCUT2D eigenvalue weighted by Gasteiger charge is -2.21. The summed E-state index contributed by atoms with van der Waals surface area (Å²) < 4.78 is 46.1. The summed E-state index contributed by atoms with van der Waals surface area (Å²) in [6.45, 7) is 1.48. The van der Waals surface area contributed by atoms with Gasteiger partial charge in [-0.25, -0.2) is 9.07 Å². The maximum absolute atomic E-state index is 15.6. The van der Waals surface area contributed by atoms with Crippen LogP contribution < -0.4 is 10.9 Å². The van der Waals surface area contributed by atoms with Gasteiger partial charge >= 0.3 is 0 Å². The van der Waals surface area contributed by atoms with Crippen molar-refractivity contribution in [1.82, 2.24) is 35.1 Å². The van der Waals surface area contributed by atoms with Crippen LogP contribution in [0.3, 0.4) is 0 Å². The van der Waals surface area contributed by atoms with Gasteiger partial charge in [-0.3, -0.25) is 18.8 Å². The second-order valence-corrected chi connectivity index (χ2v) is 11.4. The first-order valence-electron chi connectivity index (χ1n) is 12.3. The monoisotopic (exact) mass is 567 g/mol. The zero-order chi connectivity index (χ0) is 28.7. The van der Waals surface area contributed by atoms with E-state index in [0.29, 0.717) is 35.3 Å². The predicted octanol–water partition coefficient (Wildman–Crippen LogP) is 2.06. The second kappa shape index (κ2) is 10.4. The number of hydrogen-bond acceptors (Lipinski definition) is 9. The quantitative estimate of drug-likeness (QED) is 0.300. The van der Waals surface area contributed by atoms with Crippen molar-refractivity contribution in [2.75, 3.05) is 12.9 Å². The topological polar surface area (TPSA) is 151 Å². The second-order valence-electron chi connectivity index (χ2n) is 9.79. The maximum Gasteiger partial charge on any atom is 0.272 e. The molecule has 0 radical (unpaired) electrons. The SMILES string of the molecule is C[C@@H](NC(=O)c1ccc(=O)n(-c2cncc(-c3cnnn3C)c2)n1)c1cccc(C2(COS(C)(=O)=O)CC2)c1F. The third-order valence-corrected chi connectivity index (χ3v) is 7.37. The Labute approximate surface area is 229 Å². The number of benzene rings is 1. The number of pyridine rings is 1. The van der Waals surface area contributed by atoms with Gasteiger partial charge in [-0.15, -0.1) is 5.10 Å². The van der Waals surface area contributed by atoms with E-state index >= 15 is 4.39 Å². The highest BCUT2D eigenvalue weighted by Gasteiger charge is 2.47. The van der Waals surface area contributed by atoms with Crippen molar-refractivity contribution in [3.8, 4) is 16.9 Å². The Morgan fingerprint density at radius 3 is 2.65 bits per heavy atom. The average Bonchev–Trinajstić information content (AvgIpc) is 3.59. The molecule has 0 bridgehead atoms. The minimum Gasteiger partial charge on any atom is -0.344 e. The lowest BCUT2D eigenvalue weighted by molar-refractivity contribution is 0.0932. The molecule has 1 N–H and O–H groups in total. The van der Waals surface area contributed by atoms with Crippen LogP contribution in [0.15, 0.2) is 59.8 Å². The maximum atomic E-state index is 15.6. The molecule has 0 saturated heterocycles. The molecule has 14 heteroatoms. The lowest BCUT2D eigenvalue weighted by atomic mass is 9.92. The van der Waals surface area contributed by atoms with Crippen molar-refractivity contribution in [3.05, 3.63) is 88.0 Å². The van der Waals surface area contributed by atoms with E-state index in [-0.39, 0.29) is 17.9 Å². The van der Waals surface area contributed by atoms with E-state index in [1.807, 2.05) is 0 Å². The highest BCUT2D eigenvalue weighted by molar-refractivity contribution is 7.85. The fraction of sp³-hybridized carbons (Fsp3) is 0.308. The van der Waals surface area contributed by atoms with Gasteiger partial charge in [0.2, 0.25) is 0 Å². The number of amides is 1. The van der Waals surface area contributed by atoms with Crippen LogP contribution in [-0.4, -0.2) is 56.9 Å². The van der Waals surface area contributed by atoms with E-state index in [1.54, 1.807) is 55.3 Å². The molecule has 4 aromatic rings. The van der Waals surface area contributed by atoms with Crippen LogP contribution >= 0.6 is 0 Å². The molecule has 12 nitrogen and oxygen atoms in total. The first-order chi connectivity index (χ1) is 19.0.